The zero-order valence-corrected chi connectivity index (χ0v) is 17.8. The third kappa shape index (κ3) is 4.60. The van der Waals surface area contributed by atoms with Gasteiger partial charge in [-0.05, 0) is 41.4 Å². The van der Waals surface area contributed by atoms with Crippen molar-refractivity contribution in [3.05, 3.63) is 42.0 Å². The van der Waals surface area contributed by atoms with Crippen LogP contribution in [0.4, 0.5) is 0 Å². The van der Waals surface area contributed by atoms with Crippen LogP contribution in [0, 0.1) is 0 Å². The molecular formula is C23H33NO3. The van der Waals surface area contributed by atoms with Crippen molar-refractivity contribution in [2.75, 3.05) is 0 Å². The third-order valence-electron chi connectivity index (χ3n) is 5.07. The molecule has 1 aromatic rings. The van der Waals surface area contributed by atoms with Gasteiger partial charge in [-0.25, -0.2) is 0 Å². The monoisotopic (exact) mass is 371 g/mol. The topological polar surface area (TPSA) is 46.6 Å². The Balaban J connectivity index is 2.31. The summed E-state index contributed by atoms with van der Waals surface area (Å²) in [6, 6.07) is 5.93. The van der Waals surface area contributed by atoms with Crippen molar-refractivity contribution < 1.29 is 14.3 Å². The SMILES string of the molecule is C=C[C@@H]1CCC(=O)N1C(=O)[C@@H](C)Oc1ccc(C(C)(C)C)cc1C(C)(C)C. The Kier molecular flexibility index (Phi) is 5.88. The summed E-state index contributed by atoms with van der Waals surface area (Å²) in [6.45, 7) is 18.4. The Morgan fingerprint density at radius 3 is 2.37 bits per heavy atom. The van der Waals surface area contributed by atoms with Gasteiger partial charge in [0.05, 0.1) is 6.04 Å². The van der Waals surface area contributed by atoms with Gasteiger partial charge < -0.3 is 4.74 Å². The maximum absolute atomic E-state index is 12.8. The molecule has 1 aromatic carbocycles. The Labute approximate surface area is 163 Å². The van der Waals surface area contributed by atoms with Crippen LogP contribution in [-0.4, -0.2) is 28.9 Å². The molecule has 1 fully saturated rings. The average Bonchev–Trinajstić information content (AvgIpc) is 2.93. The fourth-order valence-corrected chi connectivity index (χ4v) is 3.34. The molecule has 27 heavy (non-hydrogen) atoms. The van der Waals surface area contributed by atoms with Crippen molar-refractivity contribution >= 4 is 11.8 Å². The van der Waals surface area contributed by atoms with E-state index in [0.29, 0.717) is 18.6 Å². The first-order chi connectivity index (χ1) is 12.4. The van der Waals surface area contributed by atoms with Crippen molar-refractivity contribution in [3.8, 4) is 5.75 Å². The smallest absolute Gasteiger partial charge is 0.270 e. The quantitative estimate of drug-likeness (QED) is 0.717. The van der Waals surface area contributed by atoms with Gasteiger partial charge >= 0.3 is 0 Å². The van der Waals surface area contributed by atoms with E-state index in [1.165, 1.54) is 10.5 Å². The maximum Gasteiger partial charge on any atom is 0.270 e. The number of carbonyl (C=O) groups is 2. The fourth-order valence-electron chi connectivity index (χ4n) is 3.34. The molecule has 4 nitrogen and oxygen atoms in total. The predicted octanol–water partition coefficient (Wildman–Crippen LogP) is 4.75. The highest BCUT2D eigenvalue weighted by Gasteiger charge is 2.37. The van der Waals surface area contributed by atoms with E-state index in [4.69, 9.17) is 4.74 Å². The Hall–Kier alpha value is -2.10. The van der Waals surface area contributed by atoms with Gasteiger partial charge in [-0.15, -0.1) is 6.58 Å². The van der Waals surface area contributed by atoms with Gasteiger partial charge in [0.2, 0.25) is 5.91 Å². The molecule has 0 bridgehead atoms. The van der Waals surface area contributed by atoms with Crippen LogP contribution in [0.1, 0.15) is 72.4 Å². The molecule has 1 saturated heterocycles. The molecule has 1 aliphatic heterocycles. The number of nitrogens with zero attached hydrogens (tertiary/aromatic N) is 1. The van der Waals surface area contributed by atoms with E-state index in [-0.39, 0.29) is 28.7 Å². The molecule has 0 saturated carbocycles. The van der Waals surface area contributed by atoms with Crippen molar-refractivity contribution in [1.29, 1.82) is 0 Å². The first-order valence-corrected chi connectivity index (χ1v) is 9.66. The zero-order valence-electron chi connectivity index (χ0n) is 17.8. The van der Waals surface area contributed by atoms with Gasteiger partial charge in [-0.3, -0.25) is 14.5 Å². The average molecular weight is 372 g/mol. The van der Waals surface area contributed by atoms with E-state index in [1.807, 2.05) is 6.07 Å². The summed E-state index contributed by atoms with van der Waals surface area (Å²) in [5.74, 6) is 0.236. The molecule has 0 N–H and O–H groups in total. The molecule has 0 aromatic heterocycles. The van der Waals surface area contributed by atoms with Crippen LogP contribution in [-0.2, 0) is 20.4 Å². The molecule has 1 heterocycles. The standard InChI is InChI=1S/C23H33NO3/c1-9-17-11-13-20(25)24(17)21(26)15(2)27-19-12-10-16(22(3,4)5)14-18(19)23(6,7)8/h9-10,12,14-15,17H,1,11,13H2,2-8H3/t15-,17-/m1/s1. The zero-order chi connectivity index (χ0) is 20.6. The lowest BCUT2D eigenvalue weighted by Gasteiger charge is -2.29. The highest BCUT2D eigenvalue weighted by molar-refractivity contribution is 5.99. The number of imide groups is 1. The first-order valence-electron chi connectivity index (χ1n) is 9.66. The van der Waals surface area contributed by atoms with Crippen molar-refractivity contribution in [3.63, 3.8) is 0 Å². The van der Waals surface area contributed by atoms with E-state index in [0.717, 1.165) is 5.56 Å². The Morgan fingerprint density at radius 1 is 1.22 bits per heavy atom. The number of ether oxygens (including phenoxy) is 1. The second-order valence-corrected chi connectivity index (χ2v) is 9.41. The summed E-state index contributed by atoms with van der Waals surface area (Å²) in [5.41, 5.74) is 2.17. The van der Waals surface area contributed by atoms with Crippen LogP contribution in [0.2, 0.25) is 0 Å². The van der Waals surface area contributed by atoms with Gasteiger partial charge in [0.25, 0.3) is 5.91 Å². The van der Waals surface area contributed by atoms with Crippen LogP contribution in [0.3, 0.4) is 0 Å². The molecule has 1 aliphatic rings. The minimum absolute atomic E-state index is 0.0269. The highest BCUT2D eigenvalue weighted by atomic mass is 16.5. The van der Waals surface area contributed by atoms with E-state index in [2.05, 4.69) is 60.3 Å². The van der Waals surface area contributed by atoms with Crippen LogP contribution in [0.5, 0.6) is 5.75 Å². The lowest BCUT2D eigenvalue weighted by Crippen LogP contribution is -2.45. The molecule has 148 valence electrons. The largest absolute Gasteiger partial charge is 0.481 e. The summed E-state index contributed by atoms with van der Waals surface area (Å²) >= 11 is 0. The second kappa shape index (κ2) is 7.49. The maximum atomic E-state index is 12.8. The van der Waals surface area contributed by atoms with Crippen molar-refractivity contribution in [2.45, 2.75) is 84.3 Å². The molecule has 0 aliphatic carbocycles. The second-order valence-electron chi connectivity index (χ2n) is 9.41. The van der Waals surface area contributed by atoms with Crippen LogP contribution >= 0.6 is 0 Å². The van der Waals surface area contributed by atoms with Crippen LogP contribution < -0.4 is 4.74 Å². The predicted molar refractivity (Wildman–Crippen MR) is 109 cm³/mol. The summed E-state index contributed by atoms with van der Waals surface area (Å²) < 4.78 is 6.08. The third-order valence-corrected chi connectivity index (χ3v) is 5.07. The van der Waals surface area contributed by atoms with Gasteiger partial charge in [0, 0.05) is 6.42 Å². The van der Waals surface area contributed by atoms with Crippen LogP contribution in [0.25, 0.3) is 0 Å². The number of likely N-dealkylation sites (tertiary alicyclic amines) is 1. The number of amides is 2. The van der Waals surface area contributed by atoms with E-state index in [9.17, 15) is 9.59 Å². The molecule has 0 radical (unpaired) electrons. The minimum Gasteiger partial charge on any atom is -0.481 e. The highest BCUT2D eigenvalue weighted by Crippen LogP contribution is 2.36. The number of benzene rings is 1. The van der Waals surface area contributed by atoms with E-state index < -0.39 is 6.10 Å². The number of hydrogen-bond donors (Lipinski definition) is 0. The van der Waals surface area contributed by atoms with Gasteiger partial charge in [0.15, 0.2) is 6.10 Å². The Morgan fingerprint density at radius 2 is 1.85 bits per heavy atom. The van der Waals surface area contributed by atoms with E-state index >= 15 is 0 Å². The number of rotatable bonds is 4. The number of hydrogen-bond acceptors (Lipinski definition) is 3. The lowest BCUT2D eigenvalue weighted by molar-refractivity contribution is -0.147. The summed E-state index contributed by atoms with van der Waals surface area (Å²) in [5, 5.41) is 0. The summed E-state index contributed by atoms with van der Waals surface area (Å²) in [6.07, 6.45) is 1.93. The number of carbonyl (C=O) groups excluding carboxylic acids is 2. The minimum atomic E-state index is -0.740. The molecule has 0 spiro atoms. The molecule has 2 rings (SSSR count). The lowest BCUT2D eigenvalue weighted by atomic mass is 9.80. The molecule has 4 heteroatoms. The van der Waals surface area contributed by atoms with Crippen LogP contribution in [0.15, 0.2) is 30.9 Å². The van der Waals surface area contributed by atoms with Crippen molar-refractivity contribution in [2.24, 2.45) is 0 Å². The Bertz CT molecular complexity index is 737. The molecule has 2 atom stereocenters. The summed E-state index contributed by atoms with van der Waals surface area (Å²) in [4.78, 5) is 26.3. The van der Waals surface area contributed by atoms with Crippen molar-refractivity contribution in [1.82, 2.24) is 4.90 Å². The molecule has 0 unspecified atom stereocenters. The van der Waals surface area contributed by atoms with Gasteiger partial charge in [-0.2, -0.15) is 0 Å². The van der Waals surface area contributed by atoms with Gasteiger partial charge in [0.1, 0.15) is 5.75 Å². The van der Waals surface area contributed by atoms with Gasteiger partial charge in [-0.1, -0.05) is 59.8 Å². The molecule has 2 amide bonds. The van der Waals surface area contributed by atoms with E-state index in [1.54, 1.807) is 13.0 Å². The summed E-state index contributed by atoms with van der Waals surface area (Å²) in [7, 11) is 0. The normalized spacial score (nSPS) is 19.1. The fraction of sp³-hybridized carbons (Fsp3) is 0.565. The molecular weight excluding hydrogens is 338 g/mol. The first kappa shape index (κ1) is 21.2.